The fraction of sp³-hybridized carbons (Fsp3) is 0.200. The van der Waals surface area contributed by atoms with Gasteiger partial charge in [0.05, 0.1) is 0 Å². The molecule has 0 aliphatic heterocycles. The molecule has 2 nitrogen and oxygen atoms in total. The molecule has 0 aromatic heterocycles. The first kappa shape index (κ1) is 15.3. The first-order valence-electron chi connectivity index (χ1n) is 6.14. The van der Waals surface area contributed by atoms with Crippen molar-refractivity contribution < 1.29 is 27.4 Å². The molecular formula is C15H12F4O2. The van der Waals surface area contributed by atoms with Crippen molar-refractivity contribution >= 4 is 0 Å². The molecule has 6 heteroatoms. The maximum atomic E-state index is 13.5. The second-order valence-electron chi connectivity index (χ2n) is 4.35. The molecule has 0 atom stereocenters. The molecule has 0 saturated heterocycles. The average molecular weight is 300 g/mol. The molecule has 1 N–H and O–H groups in total. The maximum Gasteiger partial charge on any atom is 0.573 e. The number of alkyl halides is 3. The van der Waals surface area contributed by atoms with Gasteiger partial charge < -0.3 is 9.84 Å². The fourth-order valence-electron chi connectivity index (χ4n) is 1.92. The van der Waals surface area contributed by atoms with Gasteiger partial charge in [0.2, 0.25) is 0 Å². The van der Waals surface area contributed by atoms with Crippen molar-refractivity contribution in [1.29, 1.82) is 0 Å². The van der Waals surface area contributed by atoms with Crippen molar-refractivity contribution in [2.24, 2.45) is 0 Å². The second-order valence-corrected chi connectivity index (χ2v) is 4.35. The van der Waals surface area contributed by atoms with E-state index < -0.39 is 12.2 Å². The van der Waals surface area contributed by atoms with Gasteiger partial charge in [-0.1, -0.05) is 18.2 Å². The molecule has 0 amide bonds. The third-order valence-electron chi connectivity index (χ3n) is 2.85. The summed E-state index contributed by atoms with van der Waals surface area (Å²) in [5, 5.41) is 8.86. The standard InChI is InChI=1S/C15H12F4O2/c16-14-6-3-11(9-12(14)7-8-20)10-1-4-13(5-2-10)21-15(17,18)19/h1-6,9,20H,7-8H2. The van der Waals surface area contributed by atoms with E-state index in [4.69, 9.17) is 5.11 Å². The first-order chi connectivity index (χ1) is 9.89. The lowest BCUT2D eigenvalue weighted by Crippen LogP contribution is -2.16. The van der Waals surface area contributed by atoms with Crippen LogP contribution in [0.1, 0.15) is 5.56 Å². The summed E-state index contributed by atoms with van der Waals surface area (Å²) in [4.78, 5) is 0. The minimum Gasteiger partial charge on any atom is -0.406 e. The lowest BCUT2D eigenvalue weighted by molar-refractivity contribution is -0.274. The molecule has 0 aliphatic carbocycles. The summed E-state index contributed by atoms with van der Waals surface area (Å²) < 4.78 is 53.4. The molecule has 2 aromatic carbocycles. The third kappa shape index (κ3) is 4.19. The highest BCUT2D eigenvalue weighted by Crippen LogP contribution is 2.27. The number of ether oxygens (including phenoxy) is 1. The molecule has 2 aromatic rings. The van der Waals surface area contributed by atoms with Crippen LogP contribution in [-0.2, 0) is 6.42 Å². The van der Waals surface area contributed by atoms with Crippen molar-refractivity contribution in [2.45, 2.75) is 12.8 Å². The van der Waals surface area contributed by atoms with Gasteiger partial charge in [0.1, 0.15) is 11.6 Å². The maximum absolute atomic E-state index is 13.5. The van der Waals surface area contributed by atoms with Gasteiger partial charge in [0.25, 0.3) is 0 Å². The predicted molar refractivity (Wildman–Crippen MR) is 69.3 cm³/mol. The van der Waals surface area contributed by atoms with E-state index in [2.05, 4.69) is 4.74 Å². The molecule has 21 heavy (non-hydrogen) atoms. The van der Waals surface area contributed by atoms with E-state index >= 15 is 0 Å². The highest BCUT2D eigenvalue weighted by molar-refractivity contribution is 5.65. The number of benzene rings is 2. The Hall–Kier alpha value is -2.08. The van der Waals surface area contributed by atoms with Gasteiger partial charge in [-0.2, -0.15) is 0 Å². The van der Waals surface area contributed by atoms with E-state index in [-0.39, 0.29) is 18.8 Å². The number of aliphatic hydroxyl groups is 1. The van der Waals surface area contributed by atoms with Crippen molar-refractivity contribution in [3.63, 3.8) is 0 Å². The molecule has 2 rings (SSSR count). The zero-order valence-corrected chi connectivity index (χ0v) is 10.8. The van der Waals surface area contributed by atoms with Crippen molar-refractivity contribution in [3.8, 4) is 16.9 Å². The van der Waals surface area contributed by atoms with Crippen LogP contribution in [0.3, 0.4) is 0 Å². The van der Waals surface area contributed by atoms with Crippen LogP contribution in [0.5, 0.6) is 5.75 Å². The number of hydrogen-bond donors (Lipinski definition) is 1. The molecule has 0 spiro atoms. The Bertz CT molecular complexity index is 606. The Morgan fingerprint density at radius 3 is 2.14 bits per heavy atom. The van der Waals surface area contributed by atoms with E-state index in [1.165, 1.54) is 36.4 Å². The van der Waals surface area contributed by atoms with Crippen LogP contribution in [0.2, 0.25) is 0 Å². The predicted octanol–water partition coefficient (Wildman–Crippen LogP) is 3.93. The summed E-state index contributed by atoms with van der Waals surface area (Å²) in [6, 6.07) is 9.64. The monoisotopic (exact) mass is 300 g/mol. The SMILES string of the molecule is OCCc1cc(-c2ccc(OC(F)(F)F)cc2)ccc1F. The summed E-state index contributed by atoms with van der Waals surface area (Å²) in [6.45, 7) is -0.182. The van der Waals surface area contributed by atoms with Gasteiger partial charge in [-0.25, -0.2) is 4.39 Å². The van der Waals surface area contributed by atoms with Crippen LogP contribution in [0.4, 0.5) is 17.6 Å². The Morgan fingerprint density at radius 1 is 0.952 bits per heavy atom. The highest BCUT2D eigenvalue weighted by Gasteiger charge is 2.30. The molecule has 0 saturated carbocycles. The summed E-state index contributed by atoms with van der Waals surface area (Å²) in [7, 11) is 0. The molecule has 0 bridgehead atoms. The Balaban J connectivity index is 2.24. The normalized spacial score (nSPS) is 11.5. The quantitative estimate of drug-likeness (QED) is 0.867. The highest BCUT2D eigenvalue weighted by atomic mass is 19.4. The fourth-order valence-corrected chi connectivity index (χ4v) is 1.92. The zero-order valence-electron chi connectivity index (χ0n) is 10.8. The minimum absolute atomic E-state index is 0.176. The summed E-state index contributed by atoms with van der Waals surface area (Å²) in [6.07, 6.45) is -4.55. The topological polar surface area (TPSA) is 29.5 Å². The minimum atomic E-state index is -4.73. The van der Waals surface area contributed by atoms with Crippen LogP contribution in [0.25, 0.3) is 11.1 Å². The smallest absolute Gasteiger partial charge is 0.406 e. The number of aliphatic hydroxyl groups excluding tert-OH is 1. The zero-order chi connectivity index (χ0) is 15.5. The van der Waals surface area contributed by atoms with E-state index in [0.29, 0.717) is 16.7 Å². The van der Waals surface area contributed by atoms with Crippen LogP contribution < -0.4 is 4.74 Å². The van der Waals surface area contributed by atoms with E-state index in [9.17, 15) is 17.6 Å². The van der Waals surface area contributed by atoms with Crippen LogP contribution >= 0.6 is 0 Å². The van der Waals surface area contributed by atoms with Gasteiger partial charge in [-0.15, -0.1) is 13.2 Å². The molecule has 112 valence electrons. The molecule has 0 aliphatic rings. The van der Waals surface area contributed by atoms with Gasteiger partial charge in [-0.05, 0) is 47.4 Å². The van der Waals surface area contributed by atoms with Crippen molar-refractivity contribution in [1.82, 2.24) is 0 Å². The van der Waals surface area contributed by atoms with Gasteiger partial charge in [0, 0.05) is 6.61 Å². The van der Waals surface area contributed by atoms with Gasteiger partial charge in [-0.3, -0.25) is 0 Å². The second kappa shape index (κ2) is 6.13. The van der Waals surface area contributed by atoms with Crippen molar-refractivity contribution in [2.75, 3.05) is 6.61 Å². The molecule has 0 fully saturated rings. The largest absolute Gasteiger partial charge is 0.573 e. The Kier molecular flexibility index (Phi) is 4.47. The molecule has 0 radical (unpaired) electrons. The lowest BCUT2D eigenvalue weighted by Gasteiger charge is -2.10. The molecule has 0 unspecified atom stereocenters. The van der Waals surface area contributed by atoms with Crippen molar-refractivity contribution in [3.05, 3.63) is 53.8 Å². The van der Waals surface area contributed by atoms with Gasteiger partial charge in [0.15, 0.2) is 0 Å². The van der Waals surface area contributed by atoms with Crippen LogP contribution in [-0.4, -0.2) is 18.1 Å². The van der Waals surface area contributed by atoms with Gasteiger partial charge >= 0.3 is 6.36 Å². The number of halogens is 4. The molecular weight excluding hydrogens is 288 g/mol. The lowest BCUT2D eigenvalue weighted by atomic mass is 10.0. The summed E-state index contributed by atoms with van der Waals surface area (Å²) in [5.74, 6) is -0.742. The van der Waals surface area contributed by atoms with E-state index in [1.54, 1.807) is 6.07 Å². The average Bonchev–Trinajstić information content (AvgIpc) is 2.41. The Labute approximate surface area is 118 Å². The van der Waals surface area contributed by atoms with E-state index in [0.717, 1.165) is 0 Å². The Morgan fingerprint density at radius 2 is 1.57 bits per heavy atom. The first-order valence-corrected chi connectivity index (χ1v) is 6.14. The number of hydrogen-bond acceptors (Lipinski definition) is 2. The summed E-state index contributed by atoms with van der Waals surface area (Å²) in [5.41, 5.74) is 1.63. The number of rotatable bonds is 4. The third-order valence-corrected chi connectivity index (χ3v) is 2.85. The van der Waals surface area contributed by atoms with Crippen LogP contribution in [0, 0.1) is 5.82 Å². The van der Waals surface area contributed by atoms with Crippen LogP contribution in [0.15, 0.2) is 42.5 Å². The molecule has 0 heterocycles. The summed E-state index contributed by atoms with van der Waals surface area (Å²) >= 11 is 0. The van der Waals surface area contributed by atoms with E-state index in [1.807, 2.05) is 0 Å².